The quantitative estimate of drug-likeness (QED) is 0.757. The standard InChI is InChI=1S/C18H17N3O2S/c1-10-5-3-4-6-13(10)16(22)19-14-9-15(24-11(14)2)18-21-20-17(23-18)12-7-8-12/h3-6,9,12H,7-8H2,1-2H3,(H,19,22). The molecule has 4 rings (SSSR count). The molecular weight excluding hydrogens is 322 g/mol. The van der Waals surface area contributed by atoms with Gasteiger partial charge >= 0.3 is 0 Å². The highest BCUT2D eigenvalue weighted by Crippen LogP contribution is 2.41. The van der Waals surface area contributed by atoms with Crippen LogP contribution in [0.3, 0.4) is 0 Å². The van der Waals surface area contributed by atoms with Crippen LogP contribution in [0.5, 0.6) is 0 Å². The topological polar surface area (TPSA) is 68.0 Å². The number of carbonyl (C=O) groups excluding carboxylic acids is 1. The molecule has 24 heavy (non-hydrogen) atoms. The van der Waals surface area contributed by atoms with E-state index in [9.17, 15) is 4.79 Å². The molecule has 0 aliphatic heterocycles. The third kappa shape index (κ3) is 2.85. The second kappa shape index (κ2) is 5.87. The molecule has 1 aromatic carbocycles. The number of hydrogen-bond donors (Lipinski definition) is 1. The number of carbonyl (C=O) groups is 1. The molecule has 2 heterocycles. The van der Waals surface area contributed by atoms with Crippen LogP contribution in [-0.4, -0.2) is 16.1 Å². The molecule has 1 amide bonds. The monoisotopic (exact) mass is 339 g/mol. The molecule has 1 saturated carbocycles. The molecule has 3 aromatic rings. The molecule has 6 heteroatoms. The first-order chi connectivity index (χ1) is 11.6. The normalized spacial score (nSPS) is 13.9. The fourth-order valence-corrected chi connectivity index (χ4v) is 3.45. The van der Waals surface area contributed by atoms with Gasteiger partial charge in [0, 0.05) is 16.4 Å². The average Bonchev–Trinajstić information content (AvgIpc) is 3.19. The van der Waals surface area contributed by atoms with E-state index in [0.717, 1.165) is 39.7 Å². The summed E-state index contributed by atoms with van der Waals surface area (Å²) < 4.78 is 5.75. The molecular formula is C18H17N3O2S. The summed E-state index contributed by atoms with van der Waals surface area (Å²) in [7, 11) is 0. The Labute approximate surface area is 143 Å². The number of nitrogens with one attached hydrogen (secondary N) is 1. The maximum Gasteiger partial charge on any atom is 0.257 e. The minimum atomic E-state index is -0.107. The zero-order valence-corrected chi connectivity index (χ0v) is 14.3. The molecule has 0 unspecified atom stereocenters. The van der Waals surface area contributed by atoms with Crippen LogP contribution < -0.4 is 5.32 Å². The number of hydrogen-bond acceptors (Lipinski definition) is 5. The summed E-state index contributed by atoms with van der Waals surface area (Å²) in [6.07, 6.45) is 2.26. The third-order valence-electron chi connectivity index (χ3n) is 4.13. The van der Waals surface area contributed by atoms with E-state index in [1.54, 1.807) is 11.3 Å². The van der Waals surface area contributed by atoms with E-state index in [1.807, 2.05) is 44.2 Å². The third-order valence-corrected chi connectivity index (χ3v) is 5.17. The van der Waals surface area contributed by atoms with Gasteiger partial charge in [0.25, 0.3) is 11.8 Å². The van der Waals surface area contributed by atoms with Gasteiger partial charge in [-0.2, -0.15) is 0 Å². The summed E-state index contributed by atoms with van der Waals surface area (Å²) in [4.78, 5) is 14.4. The van der Waals surface area contributed by atoms with Crippen molar-refractivity contribution in [1.29, 1.82) is 0 Å². The van der Waals surface area contributed by atoms with Gasteiger partial charge in [0.1, 0.15) is 0 Å². The Bertz CT molecular complexity index is 909. The van der Waals surface area contributed by atoms with Crippen molar-refractivity contribution < 1.29 is 9.21 Å². The molecule has 5 nitrogen and oxygen atoms in total. The van der Waals surface area contributed by atoms with Crippen molar-refractivity contribution in [3.05, 3.63) is 52.2 Å². The second-order valence-corrected chi connectivity index (χ2v) is 7.33. The lowest BCUT2D eigenvalue weighted by Crippen LogP contribution is -2.13. The summed E-state index contributed by atoms with van der Waals surface area (Å²) in [6.45, 7) is 3.90. The van der Waals surface area contributed by atoms with Crippen molar-refractivity contribution in [2.45, 2.75) is 32.6 Å². The summed E-state index contributed by atoms with van der Waals surface area (Å²) >= 11 is 1.54. The first-order valence-electron chi connectivity index (χ1n) is 7.93. The summed E-state index contributed by atoms with van der Waals surface area (Å²) in [5.41, 5.74) is 2.42. The number of rotatable bonds is 4. The molecule has 0 spiro atoms. The molecule has 1 aliphatic carbocycles. The molecule has 0 radical (unpaired) electrons. The van der Waals surface area contributed by atoms with E-state index in [1.165, 1.54) is 0 Å². The zero-order valence-electron chi connectivity index (χ0n) is 13.5. The Morgan fingerprint density at radius 2 is 2.04 bits per heavy atom. The van der Waals surface area contributed by atoms with Crippen LogP contribution in [0.2, 0.25) is 0 Å². The molecule has 1 aliphatic rings. The molecule has 1 fully saturated rings. The summed E-state index contributed by atoms with van der Waals surface area (Å²) in [6, 6.07) is 9.45. The Balaban J connectivity index is 1.57. The Kier molecular flexibility index (Phi) is 3.69. The van der Waals surface area contributed by atoms with Gasteiger partial charge in [-0.25, -0.2) is 0 Å². The zero-order chi connectivity index (χ0) is 16.7. The first kappa shape index (κ1) is 15.1. The van der Waals surface area contributed by atoms with E-state index >= 15 is 0 Å². The second-order valence-electron chi connectivity index (χ2n) is 6.07. The van der Waals surface area contributed by atoms with E-state index in [2.05, 4.69) is 15.5 Å². The Morgan fingerprint density at radius 1 is 1.25 bits per heavy atom. The lowest BCUT2D eigenvalue weighted by atomic mass is 10.1. The number of aromatic nitrogens is 2. The van der Waals surface area contributed by atoms with Gasteiger partial charge in [-0.05, 0) is 44.4 Å². The molecule has 0 bridgehead atoms. The maximum atomic E-state index is 12.5. The maximum absolute atomic E-state index is 12.5. The van der Waals surface area contributed by atoms with Gasteiger partial charge in [-0.15, -0.1) is 21.5 Å². The number of amides is 1. The van der Waals surface area contributed by atoms with Crippen molar-refractivity contribution >= 4 is 22.9 Å². The molecule has 0 saturated heterocycles. The lowest BCUT2D eigenvalue weighted by molar-refractivity contribution is 0.102. The van der Waals surface area contributed by atoms with Gasteiger partial charge in [-0.3, -0.25) is 4.79 Å². The fourth-order valence-electron chi connectivity index (χ4n) is 2.56. The van der Waals surface area contributed by atoms with Crippen molar-refractivity contribution in [3.8, 4) is 10.8 Å². The highest BCUT2D eigenvalue weighted by molar-refractivity contribution is 7.15. The van der Waals surface area contributed by atoms with Crippen molar-refractivity contribution in [2.24, 2.45) is 0 Å². The van der Waals surface area contributed by atoms with E-state index in [0.29, 0.717) is 17.4 Å². The van der Waals surface area contributed by atoms with Crippen LogP contribution >= 0.6 is 11.3 Å². The molecule has 122 valence electrons. The SMILES string of the molecule is Cc1ccccc1C(=O)Nc1cc(-c2nnc(C3CC3)o2)sc1C. The van der Waals surface area contributed by atoms with Crippen LogP contribution in [0.25, 0.3) is 10.8 Å². The van der Waals surface area contributed by atoms with E-state index in [-0.39, 0.29) is 5.91 Å². The van der Waals surface area contributed by atoms with E-state index in [4.69, 9.17) is 4.42 Å². The minimum absolute atomic E-state index is 0.107. The number of nitrogens with zero attached hydrogens (tertiary/aromatic N) is 2. The smallest absolute Gasteiger partial charge is 0.257 e. The number of thiophene rings is 1. The first-order valence-corrected chi connectivity index (χ1v) is 8.74. The summed E-state index contributed by atoms with van der Waals surface area (Å²) in [5.74, 6) is 1.58. The fraction of sp³-hybridized carbons (Fsp3) is 0.278. The van der Waals surface area contributed by atoms with E-state index < -0.39 is 0 Å². The van der Waals surface area contributed by atoms with Crippen molar-refractivity contribution in [2.75, 3.05) is 5.32 Å². The Morgan fingerprint density at radius 3 is 2.79 bits per heavy atom. The predicted molar refractivity (Wildman–Crippen MR) is 93.5 cm³/mol. The number of benzene rings is 1. The lowest BCUT2D eigenvalue weighted by Gasteiger charge is -2.06. The van der Waals surface area contributed by atoms with Crippen LogP contribution in [0.1, 0.15) is 45.4 Å². The highest BCUT2D eigenvalue weighted by atomic mass is 32.1. The molecule has 1 N–H and O–H groups in total. The van der Waals surface area contributed by atoms with Gasteiger partial charge in [0.2, 0.25) is 5.89 Å². The van der Waals surface area contributed by atoms with Crippen LogP contribution in [-0.2, 0) is 0 Å². The van der Waals surface area contributed by atoms with Crippen LogP contribution in [0.15, 0.2) is 34.7 Å². The van der Waals surface area contributed by atoms with Gasteiger partial charge in [-0.1, -0.05) is 18.2 Å². The van der Waals surface area contributed by atoms with Crippen LogP contribution in [0, 0.1) is 13.8 Å². The van der Waals surface area contributed by atoms with Crippen molar-refractivity contribution in [3.63, 3.8) is 0 Å². The Hall–Kier alpha value is -2.47. The minimum Gasteiger partial charge on any atom is -0.420 e. The van der Waals surface area contributed by atoms with Crippen LogP contribution in [0.4, 0.5) is 5.69 Å². The molecule has 2 aromatic heterocycles. The average molecular weight is 339 g/mol. The summed E-state index contributed by atoms with van der Waals surface area (Å²) in [5, 5.41) is 11.2. The number of anilines is 1. The van der Waals surface area contributed by atoms with Gasteiger partial charge in [0.15, 0.2) is 0 Å². The highest BCUT2D eigenvalue weighted by Gasteiger charge is 2.29. The van der Waals surface area contributed by atoms with Gasteiger partial charge in [0.05, 0.1) is 10.6 Å². The predicted octanol–water partition coefficient (Wildman–Crippen LogP) is 4.54. The van der Waals surface area contributed by atoms with Crippen molar-refractivity contribution in [1.82, 2.24) is 10.2 Å². The number of aryl methyl sites for hydroxylation is 2. The largest absolute Gasteiger partial charge is 0.420 e. The molecule has 0 atom stereocenters. The van der Waals surface area contributed by atoms with Gasteiger partial charge < -0.3 is 9.73 Å².